The summed E-state index contributed by atoms with van der Waals surface area (Å²) >= 11 is 0. The molecule has 8 heteroatoms. The molecular formula is C18H24N2O5S. The third-order valence-electron chi connectivity index (χ3n) is 4.30. The second-order valence-electron chi connectivity index (χ2n) is 7.41. The molecule has 2 rings (SSSR count). The maximum atomic E-state index is 12.9. The number of hydrogen-bond donors (Lipinski definition) is 0. The van der Waals surface area contributed by atoms with Gasteiger partial charge in [0.2, 0.25) is 0 Å². The third kappa shape index (κ3) is 3.46. The van der Waals surface area contributed by atoms with E-state index >= 15 is 0 Å². The summed E-state index contributed by atoms with van der Waals surface area (Å²) in [5, 5.41) is 0. The van der Waals surface area contributed by atoms with Gasteiger partial charge in [-0.2, -0.15) is 8.42 Å². The Bertz CT molecular complexity index is 1090. The van der Waals surface area contributed by atoms with E-state index in [0.717, 1.165) is 14.7 Å². The molecule has 0 bridgehead atoms. The highest BCUT2D eigenvalue weighted by atomic mass is 32.2. The van der Waals surface area contributed by atoms with E-state index in [2.05, 4.69) is 0 Å². The summed E-state index contributed by atoms with van der Waals surface area (Å²) in [5.74, 6) is 0.165. The van der Waals surface area contributed by atoms with E-state index in [9.17, 15) is 18.0 Å². The summed E-state index contributed by atoms with van der Waals surface area (Å²) in [4.78, 5) is 23.8. The van der Waals surface area contributed by atoms with Gasteiger partial charge in [0.25, 0.3) is 5.56 Å². The van der Waals surface area contributed by atoms with Crippen molar-refractivity contribution < 1.29 is 12.6 Å². The van der Waals surface area contributed by atoms with Crippen LogP contribution in [0.3, 0.4) is 0 Å². The molecule has 0 atom stereocenters. The Morgan fingerprint density at radius 3 is 2.12 bits per heavy atom. The van der Waals surface area contributed by atoms with Crippen molar-refractivity contribution in [2.75, 3.05) is 0 Å². The van der Waals surface area contributed by atoms with Crippen molar-refractivity contribution in [1.82, 2.24) is 9.13 Å². The predicted molar refractivity (Wildman–Crippen MR) is 99.4 cm³/mol. The van der Waals surface area contributed by atoms with E-state index in [1.807, 2.05) is 33.8 Å². The van der Waals surface area contributed by atoms with Crippen molar-refractivity contribution in [2.24, 2.45) is 14.1 Å². The molecule has 0 saturated carbocycles. The Kier molecular flexibility index (Phi) is 4.93. The van der Waals surface area contributed by atoms with E-state index in [0.29, 0.717) is 5.56 Å². The Labute approximate surface area is 153 Å². The zero-order chi connectivity index (χ0) is 20.0. The molecule has 1 aromatic heterocycles. The first-order valence-corrected chi connectivity index (χ1v) is 9.50. The van der Waals surface area contributed by atoms with Gasteiger partial charge in [-0.3, -0.25) is 13.9 Å². The number of aromatic nitrogens is 2. The summed E-state index contributed by atoms with van der Waals surface area (Å²) < 4.78 is 33.0. The highest BCUT2D eigenvalue weighted by Gasteiger charge is 2.29. The molecule has 7 nitrogen and oxygen atoms in total. The highest BCUT2D eigenvalue weighted by molar-refractivity contribution is 7.87. The van der Waals surface area contributed by atoms with Crippen molar-refractivity contribution in [1.29, 1.82) is 0 Å². The fourth-order valence-electron chi connectivity index (χ4n) is 2.67. The molecule has 0 spiro atoms. The lowest BCUT2D eigenvalue weighted by molar-refractivity contribution is 0.464. The Balaban J connectivity index is 2.71. The largest absolute Gasteiger partial charge is 0.378 e. The fourth-order valence-corrected chi connectivity index (χ4v) is 3.98. The third-order valence-corrected chi connectivity index (χ3v) is 5.67. The molecule has 2 aromatic rings. The standard InChI is InChI=1S/C18H24N2O5S/c1-11-8-9-14(13(10-11)18(3,4)5)25-26(23,24)15-12(2)19(6)17(22)20(7)16(15)21/h8-10H,1-7H3. The van der Waals surface area contributed by atoms with Crippen LogP contribution < -0.4 is 15.4 Å². The van der Waals surface area contributed by atoms with Crippen LogP contribution in [0, 0.1) is 13.8 Å². The molecule has 0 aliphatic rings. The van der Waals surface area contributed by atoms with Crippen molar-refractivity contribution in [3.63, 3.8) is 0 Å². The van der Waals surface area contributed by atoms with Crippen molar-refractivity contribution in [2.45, 2.75) is 44.9 Å². The van der Waals surface area contributed by atoms with E-state index in [1.54, 1.807) is 12.1 Å². The van der Waals surface area contributed by atoms with E-state index < -0.39 is 26.3 Å². The fraction of sp³-hybridized carbons (Fsp3) is 0.444. The smallest absolute Gasteiger partial charge is 0.346 e. The minimum absolute atomic E-state index is 0.0301. The Morgan fingerprint density at radius 1 is 1.00 bits per heavy atom. The minimum Gasteiger partial charge on any atom is -0.378 e. The highest BCUT2D eigenvalue weighted by Crippen LogP contribution is 2.33. The topological polar surface area (TPSA) is 87.4 Å². The average Bonchev–Trinajstić information content (AvgIpc) is 2.51. The van der Waals surface area contributed by atoms with Gasteiger partial charge in [0, 0.05) is 25.4 Å². The first kappa shape index (κ1) is 20.0. The molecule has 0 aliphatic heterocycles. The minimum atomic E-state index is -4.43. The van der Waals surface area contributed by atoms with Gasteiger partial charge in [0.1, 0.15) is 5.75 Å². The monoisotopic (exact) mass is 380 g/mol. The molecule has 0 radical (unpaired) electrons. The summed E-state index contributed by atoms with van der Waals surface area (Å²) in [6.07, 6.45) is 0. The van der Waals surface area contributed by atoms with Crippen LogP contribution in [0.2, 0.25) is 0 Å². The molecule has 0 N–H and O–H groups in total. The SMILES string of the molecule is Cc1ccc(OS(=O)(=O)c2c(C)n(C)c(=O)n(C)c2=O)c(C(C)(C)C)c1. The molecule has 0 unspecified atom stereocenters. The van der Waals surface area contributed by atoms with Crippen LogP contribution in [0.15, 0.2) is 32.7 Å². The van der Waals surface area contributed by atoms with Gasteiger partial charge in [-0.15, -0.1) is 0 Å². The molecule has 1 heterocycles. The van der Waals surface area contributed by atoms with Crippen molar-refractivity contribution >= 4 is 10.1 Å². The molecule has 142 valence electrons. The lowest BCUT2D eigenvalue weighted by atomic mass is 9.85. The molecule has 0 aliphatic carbocycles. The first-order valence-electron chi connectivity index (χ1n) is 8.09. The number of rotatable bonds is 3. The number of benzene rings is 1. The average molecular weight is 380 g/mol. The lowest BCUT2D eigenvalue weighted by Crippen LogP contribution is -2.42. The molecule has 1 aromatic carbocycles. The van der Waals surface area contributed by atoms with Gasteiger partial charge in [0.05, 0.1) is 0 Å². The zero-order valence-electron chi connectivity index (χ0n) is 16.1. The van der Waals surface area contributed by atoms with Crippen LogP contribution >= 0.6 is 0 Å². The number of nitrogens with zero attached hydrogens (tertiary/aromatic N) is 2. The van der Waals surface area contributed by atoms with E-state index in [1.165, 1.54) is 21.0 Å². The molecule has 0 fully saturated rings. The second kappa shape index (κ2) is 6.42. The summed E-state index contributed by atoms with van der Waals surface area (Å²) in [5.41, 5.74) is -0.163. The predicted octanol–water partition coefficient (Wildman–Crippen LogP) is 1.77. The van der Waals surface area contributed by atoms with Crippen LogP contribution in [0.5, 0.6) is 5.75 Å². The van der Waals surface area contributed by atoms with Gasteiger partial charge < -0.3 is 4.18 Å². The molecular weight excluding hydrogens is 356 g/mol. The van der Waals surface area contributed by atoms with Gasteiger partial charge in [0.15, 0.2) is 4.90 Å². The maximum Gasteiger partial charge on any atom is 0.346 e. The number of aryl methyl sites for hydroxylation is 1. The Morgan fingerprint density at radius 2 is 1.58 bits per heavy atom. The van der Waals surface area contributed by atoms with E-state index in [4.69, 9.17) is 4.18 Å². The van der Waals surface area contributed by atoms with Crippen LogP contribution in [0.1, 0.15) is 37.6 Å². The van der Waals surface area contributed by atoms with Crippen LogP contribution in [-0.4, -0.2) is 17.6 Å². The summed E-state index contributed by atoms with van der Waals surface area (Å²) in [7, 11) is -1.79. The van der Waals surface area contributed by atoms with Gasteiger partial charge in [-0.1, -0.05) is 38.5 Å². The van der Waals surface area contributed by atoms with Crippen LogP contribution in [0.25, 0.3) is 0 Å². The molecule has 0 amide bonds. The quantitative estimate of drug-likeness (QED) is 0.758. The zero-order valence-corrected chi connectivity index (χ0v) is 16.9. The first-order chi connectivity index (χ1) is 11.8. The van der Waals surface area contributed by atoms with Gasteiger partial charge >= 0.3 is 15.8 Å². The second-order valence-corrected chi connectivity index (χ2v) is 8.89. The van der Waals surface area contributed by atoms with Gasteiger partial charge in [-0.05, 0) is 25.3 Å². The molecule has 26 heavy (non-hydrogen) atoms. The summed E-state index contributed by atoms with van der Waals surface area (Å²) in [6, 6.07) is 5.18. The van der Waals surface area contributed by atoms with Crippen LogP contribution in [0.4, 0.5) is 0 Å². The number of hydrogen-bond acceptors (Lipinski definition) is 5. The van der Waals surface area contributed by atoms with Crippen molar-refractivity contribution in [3.8, 4) is 5.75 Å². The van der Waals surface area contributed by atoms with Crippen LogP contribution in [-0.2, 0) is 29.6 Å². The normalized spacial score (nSPS) is 12.3. The maximum absolute atomic E-state index is 12.9. The lowest BCUT2D eigenvalue weighted by Gasteiger charge is -2.23. The van der Waals surface area contributed by atoms with Crippen molar-refractivity contribution in [3.05, 3.63) is 55.9 Å². The Hall–Kier alpha value is -2.35. The van der Waals surface area contributed by atoms with Gasteiger partial charge in [-0.25, -0.2) is 4.79 Å². The van der Waals surface area contributed by atoms with E-state index in [-0.39, 0.29) is 16.9 Å². The summed E-state index contributed by atoms with van der Waals surface area (Å²) in [6.45, 7) is 9.13. The molecule has 0 saturated heterocycles.